The number of aromatic nitrogens is 4. The number of carbonyl (C=O) groups is 1. The van der Waals surface area contributed by atoms with Gasteiger partial charge in [-0.1, -0.05) is 32.4 Å². The average Bonchev–Trinajstić information content (AvgIpc) is 3.77. The van der Waals surface area contributed by atoms with Gasteiger partial charge in [-0.25, -0.2) is 13.1 Å². The van der Waals surface area contributed by atoms with Crippen LogP contribution in [0.15, 0.2) is 35.5 Å². The molecule has 376 valence electrons. The molecule has 0 aliphatic carbocycles. The molecule has 0 spiro atoms. The third kappa shape index (κ3) is 11.4. The molecule has 3 fully saturated rings. The van der Waals surface area contributed by atoms with Crippen LogP contribution in [0, 0.1) is 17.8 Å². The van der Waals surface area contributed by atoms with Crippen molar-refractivity contribution in [2.75, 3.05) is 20.7 Å². The van der Waals surface area contributed by atoms with E-state index in [1.54, 1.807) is 55.4 Å². The minimum atomic E-state index is -4.16. The topological polar surface area (TPSA) is 267 Å². The maximum Gasteiger partial charge on any atom is 0.311 e. The molecule has 2 aromatic rings. The lowest BCUT2D eigenvalue weighted by atomic mass is 9.75. The second kappa shape index (κ2) is 21.3. The van der Waals surface area contributed by atoms with Crippen molar-refractivity contribution in [1.82, 2.24) is 29.8 Å². The van der Waals surface area contributed by atoms with E-state index >= 15 is 0 Å². The predicted molar refractivity (Wildman–Crippen MR) is 239 cm³/mol. The highest BCUT2D eigenvalue weighted by atomic mass is 35.5. The van der Waals surface area contributed by atoms with Gasteiger partial charge in [-0.05, 0) is 115 Å². The molecule has 20 nitrogen and oxygen atoms in total. The highest BCUT2D eigenvalue weighted by Crippen LogP contribution is 2.44. The Labute approximate surface area is 393 Å². The van der Waals surface area contributed by atoms with Gasteiger partial charge in [0.15, 0.2) is 12.6 Å². The second-order valence-electron chi connectivity index (χ2n) is 19.5. The zero-order valence-corrected chi connectivity index (χ0v) is 41.7. The molecule has 0 radical (unpaired) electrons. The van der Waals surface area contributed by atoms with E-state index in [9.17, 15) is 38.7 Å². The Morgan fingerprint density at radius 2 is 1.65 bits per heavy atom. The number of benzene rings is 1. The number of hydrogen-bond donors (Lipinski definition) is 6. The zero-order valence-electron chi connectivity index (χ0n) is 40.1. The van der Waals surface area contributed by atoms with Crippen molar-refractivity contribution in [1.29, 1.82) is 0 Å². The molecule has 3 aliphatic rings. The Kier molecular flexibility index (Phi) is 17.5. The molecule has 5 rings (SSSR count). The fourth-order valence-electron chi connectivity index (χ4n) is 10.0. The first-order valence-corrected chi connectivity index (χ1v) is 24.5. The van der Waals surface area contributed by atoms with E-state index in [1.165, 1.54) is 56.4 Å². The number of sulfonamides is 1. The number of aliphatic hydroxyl groups excluding tert-OH is 2. The third-order valence-electron chi connectivity index (χ3n) is 14.3. The minimum Gasteiger partial charge on any atom is -0.459 e. The van der Waals surface area contributed by atoms with Crippen molar-refractivity contribution >= 4 is 27.6 Å². The van der Waals surface area contributed by atoms with Gasteiger partial charge >= 0.3 is 5.97 Å². The Morgan fingerprint density at radius 1 is 1.00 bits per heavy atom. The minimum absolute atomic E-state index is 0.0357. The number of carbonyl (C=O) groups excluding carboxylic acids is 1. The van der Waals surface area contributed by atoms with Crippen molar-refractivity contribution in [3.63, 3.8) is 0 Å². The monoisotopic (exact) mass is 976 g/mol. The van der Waals surface area contributed by atoms with Crippen molar-refractivity contribution in [3.05, 3.63) is 35.6 Å². The number of rotatable bonds is 11. The summed E-state index contributed by atoms with van der Waals surface area (Å²) in [5.41, 5.74) is -6.72. The molecule has 3 aliphatic heterocycles. The maximum absolute atomic E-state index is 14.5. The standard InChI is InChI=1S/C44H73ClN6O14S/c1-13-33-43(10,56)37(53)28(6)46-21-24(2)19-41(8,55)38(65-40-35(52)32(18-25(3)61-40)50(11)66(58,59)31-16-14-30(45)15-17-31)26(4)36(27(5)39(54)63-33)64-34-20-42(9,60-12)44(57,29(7)62-34)22-51-23-47-48-49-51/h14-17,23-29,32-38,40,46,52-53,55-57H,13,18-22H2,1-12H3/t24-,25-,26+,27-,28-,29+,32+,33-,34+,35-,36+,37-,38-,40+,41-,42-,43-,44+/m1/s1. The maximum atomic E-state index is 14.5. The van der Waals surface area contributed by atoms with Crippen LogP contribution in [0.5, 0.6) is 0 Å². The predicted octanol–water partition coefficient (Wildman–Crippen LogP) is 2.03. The van der Waals surface area contributed by atoms with Gasteiger partial charge in [0.1, 0.15) is 41.4 Å². The highest BCUT2D eigenvalue weighted by molar-refractivity contribution is 7.89. The van der Waals surface area contributed by atoms with Gasteiger partial charge in [0.25, 0.3) is 0 Å². The van der Waals surface area contributed by atoms with E-state index in [-0.39, 0.29) is 49.6 Å². The number of cyclic esters (lactones) is 1. The Hall–Kier alpha value is -2.48. The number of halogens is 1. The van der Waals surface area contributed by atoms with Crippen molar-refractivity contribution in [2.45, 2.75) is 196 Å². The second-order valence-corrected chi connectivity index (χ2v) is 22.0. The first kappa shape index (κ1) is 54.5. The summed E-state index contributed by atoms with van der Waals surface area (Å²) in [4.78, 5) is 14.5. The fourth-order valence-corrected chi connectivity index (χ4v) is 11.5. The first-order chi connectivity index (χ1) is 30.6. The van der Waals surface area contributed by atoms with Crippen LogP contribution in [0.2, 0.25) is 5.02 Å². The Bertz CT molecular complexity index is 2000. The lowest BCUT2D eigenvalue weighted by molar-refractivity contribution is -0.340. The third-order valence-corrected chi connectivity index (χ3v) is 16.4. The van der Waals surface area contributed by atoms with E-state index in [0.29, 0.717) is 5.02 Å². The van der Waals surface area contributed by atoms with Gasteiger partial charge in [-0.2, -0.15) is 4.31 Å². The molecule has 4 heterocycles. The summed E-state index contributed by atoms with van der Waals surface area (Å²) >= 11 is 6.06. The zero-order chi connectivity index (χ0) is 49.3. The van der Waals surface area contributed by atoms with Gasteiger partial charge in [0.2, 0.25) is 10.0 Å². The molecule has 66 heavy (non-hydrogen) atoms. The summed E-state index contributed by atoms with van der Waals surface area (Å²) in [6.07, 6.45) is -9.36. The van der Waals surface area contributed by atoms with E-state index in [1.807, 2.05) is 6.92 Å². The van der Waals surface area contributed by atoms with E-state index in [2.05, 4.69) is 20.8 Å². The molecule has 0 unspecified atom stereocenters. The number of nitrogens with zero attached hydrogens (tertiary/aromatic N) is 5. The molecule has 3 saturated heterocycles. The van der Waals surface area contributed by atoms with Crippen LogP contribution >= 0.6 is 11.6 Å². The van der Waals surface area contributed by atoms with E-state index in [4.69, 9.17) is 40.0 Å². The lowest BCUT2D eigenvalue weighted by Gasteiger charge is -2.53. The number of aliphatic hydroxyl groups is 5. The molecule has 1 aromatic carbocycles. The number of ether oxygens (including phenoxy) is 6. The molecule has 0 saturated carbocycles. The normalized spacial score (nSPS) is 42.6. The number of esters is 1. The van der Waals surface area contributed by atoms with Crippen LogP contribution in [-0.4, -0.2) is 175 Å². The SMILES string of the molecule is CC[C@H]1OC(=O)[C@H](C)[C@@H](O[C@H]2C[C@@](C)(OC)[C@](O)(Cn3cnnn3)[C@H](C)O2)[C@H](C)[C@@H](O[C@@H]2O[C@H](C)C[C@H](N(C)S(=O)(=O)c3ccc(Cl)cc3)[C@H]2O)[C@](C)(O)C[C@@H](C)CN[C@H](C)[C@@H](O)[C@]1(C)O. The largest absolute Gasteiger partial charge is 0.459 e. The molecule has 0 amide bonds. The Morgan fingerprint density at radius 3 is 2.24 bits per heavy atom. The van der Waals surface area contributed by atoms with Crippen LogP contribution in [0.1, 0.15) is 94.9 Å². The van der Waals surface area contributed by atoms with Gasteiger partial charge in [-0.3, -0.25) is 4.79 Å². The number of hydrogen-bond acceptors (Lipinski definition) is 18. The van der Waals surface area contributed by atoms with Crippen LogP contribution in [-0.2, 0) is 49.8 Å². The number of nitrogens with one attached hydrogen (secondary N) is 1. The smallest absolute Gasteiger partial charge is 0.311 e. The summed E-state index contributed by atoms with van der Waals surface area (Å²) in [6, 6.07) is 3.94. The first-order valence-electron chi connectivity index (χ1n) is 22.7. The lowest BCUT2D eigenvalue weighted by Crippen LogP contribution is -2.68. The summed E-state index contributed by atoms with van der Waals surface area (Å²) in [6.45, 7) is 16.8. The molecule has 22 heteroatoms. The highest BCUT2D eigenvalue weighted by Gasteiger charge is 2.59. The Balaban J connectivity index is 1.57. The summed E-state index contributed by atoms with van der Waals surface area (Å²) in [5, 5.41) is 75.1. The van der Waals surface area contributed by atoms with Gasteiger partial charge < -0.3 is 59.3 Å². The van der Waals surface area contributed by atoms with E-state index in [0.717, 1.165) is 4.31 Å². The van der Waals surface area contributed by atoms with Crippen LogP contribution in [0.3, 0.4) is 0 Å². The van der Waals surface area contributed by atoms with Crippen LogP contribution in [0.25, 0.3) is 0 Å². The van der Waals surface area contributed by atoms with E-state index < -0.39 is 118 Å². The average molecular weight is 978 g/mol. The molecule has 1 aromatic heterocycles. The molecule has 18 atom stereocenters. The summed E-state index contributed by atoms with van der Waals surface area (Å²) < 4.78 is 68.6. The number of tetrazole rings is 1. The number of likely N-dealkylation sites (N-methyl/N-ethyl adjacent to an activating group) is 1. The van der Waals surface area contributed by atoms with Crippen molar-refractivity contribution < 1.29 is 67.2 Å². The molecule has 0 bridgehead atoms. The molecular weight excluding hydrogens is 904 g/mol. The van der Waals surface area contributed by atoms with Gasteiger partial charge in [0, 0.05) is 37.6 Å². The van der Waals surface area contributed by atoms with Gasteiger partial charge in [0.05, 0.1) is 53.4 Å². The molecule has 6 N–H and O–H groups in total. The summed E-state index contributed by atoms with van der Waals surface area (Å²) in [7, 11) is -1.35. The van der Waals surface area contributed by atoms with Gasteiger partial charge in [-0.15, -0.1) is 5.10 Å². The number of methoxy groups -OCH3 is 1. The summed E-state index contributed by atoms with van der Waals surface area (Å²) in [5.74, 6) is -3.27. The fraction of sp³-hybridized carbons (Fsp3) is 0.818. The van der Waals surface area contributed by atoms with Crippen molar-refractivity contribution in [2.24, 2.45) is 17.8 Å². The van der Waals surface area contributed by atoms with Crippen molar-refractivity contribution in [3.8, 4) is 0 Å². The molecular formula is C44H73ClN6O14S. The van der Waals surface area contributed by atoms with Crippen LogP contribution in [0.4, 0.5) is 0 Å². The quantitative estimate of drug-likeness (QED) is 0.176. The van der Waals surface area contributed by atoms with Crippen LogP contribution < -0.4 is 5.32 Å².